The zero-order valence-corrected chi connectivity index (χ0v) is 25.6. The van der Waals surface area contributed by atoms with E-state index in [9.17, 15) is 4.79 Å². The number of imidazole rings is 2. The van der Waals surface area contributed by atoms with Gasteiger partial charge in [0.05, 0.1) is 17.7 Å². The molecule has 12 heteroatoms. The summed E-state index contributed by atoms with van der Waals surface area (Å²) in [4.78, 5) is 38.5. The second-order valence-corrected chi connectivity index (χ2v) is 12.5. The van der Waals surface area contributed by atoms with Crippen LogP contribution in [-0.2, 0) is 24.9 Å². The van der Waals surface area contributed by atoms with Crippen molar-refractivity contribution >= 4 is 36.3 Å². The van der Waals surface area contributed by atoms with E-state index in [2.05, 4.69) is 58.5 Å². The van der Waals surface area contributed by atoms with Crippen molar-refractivity contribution in [2.24, 2.45) is 7.05 Å². The summed E-state index contributed by atoms with van der Waals surface area (Å²) in [5, 5.41) is 0. The molecule has 2 fully saturated rings. The number of aryl methyl sites for hydroxylation is 1. The molecule has 2 saturated heterocycles. The molecule has 2 aliphatic rings. The van der Waals surface area contributed by atoms with Crippen LogP contribution in [0.4, 0.5) is 10.5 Å². The minimum Gasteiger partial charge on any atom is -0.444 e. The molecule has 1 N–H and O–H groups in total. The average molecular weight is 582 g/mol. The van der Waals surface area contributed by atoms with Gasteiger partial charge in [-0.1, -0.05) is 29.7 Å². The largest absolute Gasteiger partial charge is 0.444 e. The number of rotatable bonds is 6. The lowest BCUT2D eigenvalue weighted by atomic mass is 9.95. The molecule has 2 aliphatic heterocycles. The number of aromatic nitrogens is 5. The van der Waals surface area contributed by atoms with Crippen molar-refractivity contribution in [2.45, 2.75) is 39.5 Å². The quantitative estimate of drug-likeness (QED) is 0.347. The van der Waals surface area contributed by atoms with E-state index in [1.54, 1.807) is 11.1 Å². The number of hydrogen-bond acceptors (Lipinski definition) is 8. The van der Waals surface area contributed by atoms with Gasteiger partial charge >= 0.3 is 6.09 Å². The van der Waals surface area contributed by atoms with E-state index >= 15 is 0 Å². The molecule has 1 aromatic carbocycles. The minimum atomic E-state index is -0.476. The maximum atomic E-state index is 12.4. The summed E-state index contributed by atoms with van der Waals surface area (Å²) in [7, 11) is 8.52. The molecule has 0 aliphatic carbocycles. The number of fused-ring (bicyclic) bond motifs is 1. The molecule has 224 valence electrons. The van der Waals surface area contributed by atoms with Crippen molar-refractivity contribution in [2.75, 3.05) is 57.3 Å². The van der Waals surface area contributed by atoms with E-state index in [4.69, 9.17) is 17.6 Å². The molecule has 0 saturated carbocycles. The highest BCUT2D eigenvalue weighted by Crippen LogP contribution is 2.27. The first kappa shape index (κ1) is 29.2. The molecule has 4 aromatic rings. The Balaban J connectivity index is 1.09. The molecular formula is C31H40BN9O2. The predicted molar refractivity (Wildman–Crippen MR) is 168 cm³/mol. The molecule has 11 nitrogen and oxygen atoms in total. The van der Waals surface area contributed by atoms with Crippen LogP contribution in [0.2, 0.25) is 0 Å². The number of piperazine rings is 2. The van der Waals surface area contributed by atoms with E-state index < -0.39 is 5.60 Å². The summed E-state index contributed by atoms with van der Waals surface area (Å²) in [6.07, 6.45) is 5.27. The van der Waals surface area contributed by atoms with E-state index in [-0.39, 0.29) is 6.09 Å². The Labute approximate surface area is 254 Å². The van der Waals surface area contributed by atoms with Crippen molar-refractivity contribution in [3.05, 3.63) is 54.2 Å². The third kappa shape index (κ3) is 6.70. The Hall–Kier alpha value is -3.90. The maximum Gasteiger partial charge on any atom is 0.410 e. The van der Waals surface area contributed by atoms with Gasteiger partial charge in [0.25, 0.3) is 0 Å². The van der Waals surface area contributed by atoms with E-state index in [0.717, 1.165) is 74.9 Å². The van der Waals surface area contributed by atoms with Gasteiger partial charge < -0.3 is 24.1 Å². The van der Waals surface area contributed by atoms with Gasteiger partial charge in [-0.05, 0) is 26.3 Å². The predicted octanol–water partition coefficient (Wildman–Crippen LogP) is 2.53. The molecule has 1 amide bonds. The van der Waals surface area contributed by atoms with Crippen molar-refractivity contribution in [1.82, 2.24) is 39.2 Å². The molecule has 0 bridgehead atoms. The van der Waals surface area contributed by atoms with Gasteiger partial charge in [-0.25, -0.2) is 19.7 Å². The number of carbonyl (C=O) groups excluding carboxylic acids is 1. The van der Waals surface area contributed by atoms with E-state index in [0.29, 0.717) is 24.2 Å². The summed E-state index contributed by atoms with van der Waals surface area (Å²) in [6.45, 7) is 14.0. The topological polar surface area (TPSA) is 98.6 Å². The monoisotopic (exact) mass is 581 g/mol. The number of nitrogens with zero attached hydrogens (tertiary/aromatic N) is 8. The first-order valence-electron chi connectivity index (χ1n) is 15.0. The van der Waals surface area contributed by atoms with Gasteiger partial charge in [-0.3, -0.25) is 9.80 Å². The van der Waals surface area contributed by atoms with E-state index in [1.807, 2.05) is 40.3 Å². The molecule has 43 heavy (non-hydrogen) atoms. The molecular weight excluding hydrogens is 541 g/mol. The first-order valence-corrected chi connectivity index (χ1v) is 15.0. The number of nitrogens with one attached hydrogen (secondary N) is 1. The van der Waals surface area contributed by atoms with Crippen molar-refractivity contribution in [3.8, 4) is 11.4 Å². The number of pyridine rings is 1. The smallest absolute Gasteiger partial charge is 0.410 e. The molecule has 6 rings (SSSR count). The van der Waals surface area contributed by atoms with Crippen LogP contribution in [0.1, 0.15) is 32.0 Å². The van der Waals surface area contributed by atoms with Crippen LogP contribution in [0.25, 0.3) is 22.6 Å². The van der Waals surface area contributed by atoms with Crippen LogP contribution < -0.4 is 10.4 Å². The first-order chi connectivity index (χ1) is 20.6. The van der Waals surface area contributed by atoms with Crippen LogP contribution in [0.15, 0.2) is 43.0 Å². The molecule has 0 spiro atoms. The van der Waals surface area contributed by atoms with Gasteiger partial charge in [0.15, 0.2) is 5.65 Å². The number of anilines is 1. The summed E-state index contributed by atoms with van der Waals surface area (Å²) < 4.78 is 7.60. The Morgan fingerprint density at radius 2 is 1.63 bits per heavy atom. The summed E-state index contributed by atoms with van der Waals surface area (Å²) >= 11 is 0. The lowest BCUT2D eigenvalue weighted by molar-refractivity contribution is 0.0139. The summed E-state index contributed by atoms with van der Waals surface area (Å²) in [5.41, 5.74) is 6.14. The van der Waals surface area contributed by atoms with E-state index in [1.165, 1.54) is 11.3 Å². The Morgan fingerprint density at radius 1 is 0.953 bits per heavy atom. The SMILES string of the molecule is [B]c1cnc2nc(-c3ccc(CN4CCN(C(=O)OC(C)(C)C)CC4)cc3)[nH]c2c1N1CCN(Cc2cncn2C)CC1. The third-order valence-electron chi connectivity index (χ3n) is 8.17. The lowest BCUT2D eigenvalue weighted by Crippen LogP contribution is -2.49. The number of amides is 1. The fourth-order valence-corrected chi connectivity index (χ4v) is 5.77. The fraction of sp³-hybridized carbons (Fsp3) is 0.484. The van der Waals surface area contributed by atoms with Gasteiger partial charge in [0.2, 0.25) is 0 Å². The number of ether oxygens (including phenoxy) is 1. The van der Waals surface area contributed by atoms with Gasteiger partial charge in [0, 0.05) is 90.5 Å². The number of H-pyrrole nitrogens is 1. The van der Waals surface area contributed by atoms with Crippen LogP contribution in [0, 0.1) is 0 Å². The normalized spacial score (nSPS) is 17.1. The highest BCUT2D eigenvalue weighted by atomic mass is 16.6. The third-order valence-corrected chi connectivity index (χ3v) is 8.17. The Morgan fingerprint density at radius 3 is 2.28 bits per heavy atom. The fourth-order valence-electron chi connectivity index (χ4n) is 5.77. The number of hydrogen-bond donors (Lipinski definition) is 1. The summed E-state index contributed by atoms with van der Waals surface area (Å²) in [6, 6.07) is 8.49. The van der Waals surface area contributed by atoms with Crippen LogP contribution in [-0.4, -0.2) is 111 Å². The Bertz CT molecular complexity index is 1560. The number of aromatic amines is 1. The minimum absolute atomic E-state index is 0.232. The molecule has 5 heterocycles. The van der Waals surface area contributed by atoms with Crippen molar-refractivity contribution in [3.63, 3.8) is 0 Å². The van der Waals surface area contributed by atoms with Crippen molar-refractivity contribution in [1.29, 1.82) is 0 Å². The van der Waals surface area contributed by atoms with Crippen molar-refractivity contribution < 1.29 is 9.53 Å². The van der Waals surface area contributed by atoms with Gasteiger partial charge in [-0.2, -0.15) is 0 Å². The molecule has 3 aromatic heterocycles. The molecule has 2 radical (unpaired) electrons. The second-order valence-electron chi connectivity index (χ2n) is 12.5. The Kier molecular flexibility index (Phi) is 8.15. The average Bonchev–Trinajstić information content (AvgIpc) is 3.59. The van der Waals surface area contributed by atoms with Gasteiger partial charge in [0.1, 0.15) is 24.8 Å². The van der Waals surface area contributed by atoms with Crippen LogP contribution >= 0.6 is 0 Å². The zero-order chi connectivity index (χ0) is 30.1. The van der Waals surface area contributed by atoms with Gasteiger partial charge in [-0.15, -0.1) is 0 Å². The highest BCUT2D eigenvalue weighted by molar-refractivity contribution is 6.37. The zero-order valence-electron chi connectivity index (χ0n) is 25.6. The summed E-state index contributed by atoms with van der Waals surface area (Å²) in [5.74, 6) is 0.779. The number of benzene rings is 1. The lowest BCUT2D eigenvalue weighted by Gasteiger charge is -2.37. The second kappa shape index (κ2) is 12.0. The van der Waals surface area contributed by atoms with Crippen LogP contribution in [0.3, 0.4) is 0 Å². The number of carbonyl (C=O) groups is 1. The van der Waals surface area contributed by atoms with Crippen LogP contribution in [0.5, 0.6) is 0 Å². The molecule has 0 unspecified atom stereocenters. The maximum absolute atomic E-state index is 12.4. The standard InChI is InChI=1S/C31H40BN9O2/c1-31(2,3)43-30(42)41-15-11-38(12-16-41)19-22-5-7-23(8-6-22)28-35-26-27(25(32)18-34-29(26)36-28)40-13-9-39(10-14-40)20-24-17-33-21-37(24)4/h5-8,17-18,21H,9-16,19-20H2,1-4H3,(H,34,35,36). The molecule has 0 atom stereocenters. The highest BCUT2D eigenvalue weighted by Gasteiger charge is 2.26.